The standard InChI is InChI=1S/C20H21N3OS/c1-3-15-25-20-22-21-19(17-11-7-8-12-18(17)24-2)23(20)14-13-16-9-5-4-6-10-16/h3-12H,1,13-15H2,2H3. The minimum atomic E-state index is 0.801. The first kappa shape index (κ1) is 17.3. The lowest BCUT2D eigenvalue weighted by molar-refractivity contribution is 0.415. The van der Waals surface area contributed by atoms with Gasteiger partial charge in [-0.1, -0.05) is 60.3 Å². The molecule has 0 aliphatic rings. The summed E-state index contributed by atoms with van der Waals surface area (Å²) in [6.07, 6.45) is 2.80. The van der Waals surface area contributed by atoms with Crippen molar-refractivity contribution in [3.05, 3.63) is 72.8 Å². The predicted molar refractivity (Wildman–Crippen MR) is 103 cm³/mol. The van der Waals surface area contributed by atoms with E-state index in [-0.39, 0.29) is 0 Å². The highest BCUT2D eigenvalue weighted by molar-refractivity contribution is 7.99. The number of para-hydroxylation sites is 1. The monoisotopic (exact) mass is 351 g/mol. The minimum Gasteiger partial charge on any atom is -0.496 e. The van der Waals surface area contributed by atoms with Crippen molar-refractivity contribution in [2.45, 2.75) is 18.1 Å². The Bertz CT molecular complexity index is 830. The molecule has 0 amide bonds. The van der Waals surface area contributed by atoms with Crippen LogP contribution in [-0.2, 0) is 13.0 Å². The van der Waals surface area contributed by atoms with E-state index in [2.05, 4.69) is 45.6 Å². The van der Waals surface area contributed by atoms with Gasteiger partial charge in [0.1, 0.15) is 5.75 Å². The highest BCUT2D eigenvalue weighted by Gasteiger charge is 2.17. The maximum absolute atomic E-state index is 5.50. The van der Waals surface area contributed by atoms with E-state index >= 15 is 0 Å². The van der Waals surface area contributed by atoms with Crippen molar-refractivity contribution in [1.82, 2.24) is 14.8 Å². The van der Waals surface area contributed by atoms with Gasteiger partial charge >= 0.3 is 0 Å². The van der Waals surface area contributed by atoms with Crippen LogP contribution in [0.5, 0.6) is 5.75 Å². The van der Waals surface area contributed by atoms with E-state index in [9.17, 15) is 0 Å². The second kappa shape index (κ2) is 8.53. The molecular weight excluding hydrogens is 330 g/mol. The Balaban J connectivity index is 1.94. The molecule has 3 aromatic rings. The lowest BCUT2D eigenvalue weighted by Crippen LogP contribution is -2.06. The third-order valence-electron chi connectivity index (χ3n) is 3.86. The third-order valence-corrected chi connectivity index (χ3v) is 4.82. The van der Waals surface area contributed by atoms with Gasteiger partial charge in [-0.3, -0.25) is 0 Å². The molecule has 0 saturated carbocycles. The van der Waals surface area contributed by atoms with Gasteiger partial charge in [0, 0.05) is 12.3 Å². The van der Waals surface area contributed by atoms with Gasteiger partial charge in [0.25, 0.3) is 0 Å². The van der Waals surface area contributed by atoms with Gasteiger partial charge in [-0.2, -0.15) is 0 Å². The van der Waals surface area contributed by atoms with Crippen molar-refractivity contribution in [3.8, 4) is 17.1 Å². The van der Waals surface area contributed by atoms with Crippen LogP contribution in [0, 0.1) is 0 Å². The summed E-state index contributed by atoms with van der Waals surface area (Å²) in [6.45, 7) is 4.60. The van der Waals surface area contributed by atoms with Gasteiger partial charge in [0.2, 0.25) is 0 Å². The topological polar surface area (TPSA) is 39.9 Å². The average Bonchev–Trinajstić information content (AvgIpc) is 3.08. The largest absolute Gasteiger partial charge is 0.496 e. The summed E-state index contributed by atoms with van der Waals surface area (Å²) in [5.74, 6) is 2.44. The molecular formula is C20H21N3OS. The Labute approximate surface area is 152 Å². The maximum Gasteiger partial charge on any atom is 0.191 e. The first-order valence-corrected chi connectivity index (χ1v) is 9.16. The molecule has 0 saturated heterocycles. The van der Waals surface area contributed by atoms with E-state index in [0.717, 1.165) is 41.0 Å². The molecule has 0 aliphatic heterocycles. The van der Waals surface area contributed by atoms with Gasteiger partial charge in [-0.15, -0.1) is 16.8 Å². The molecule has 5 heteroatoms. The molecule has 0 atom stereocenters. The molecule has 0 unspecified atom stereocenters. The van der Waals surface area contributed by atoms with Gasteiger partial charge in [-0.25, -0.2) is 0 Å². The van der Waals surface area contributed by atoms with Crippen molar-refractivity contribution in [2.75, 3.05) is 12.9 Å². The predicted octanol–water partition coefficient (Wildman–Crippen LogP) is 4.47. The van der Waals surface area contributed by atoms with Crippen molar-refractivity contribution in [3.63, 3.8) is 0 Å². The molecule has 0 spiro atoms. The van der Waals surface area contributed by atoms with Crippen LogP contribution >= 0.6 is 11.8 Å². The SMILES string of the molecule is C=CCSc1nnc(-c2ccccc2OC)n1CCc1ccccc1. The van der Waals surface area contributed by atoms with Crippen LogP contribution in [0.3, 0.4) is 0 Å². The highest BCUT2D eigenvalue weighted by Crippen LogP contribution is 2.31. The molecule has 0 fully saturated rings. The summed E-state index contributed by atoms with van der Waals surface area (Å²) < 4.78 is 7.67. The van der Waals surface area contributed by atoms with Gasteiger partial charge in [-0.05, 0) is 24.1 Å². The third kappa shape index (κ3) is 4.12. The zero-order valence-corrected chi connectivity index (χ0v) is 15.1. The fourth-order valence-electron chi connectivity index (χ4n) is 2.64. The van der Waals surface area contributed by atoms with Crippen LogP contribution < -0.4 is 4.74 Å². The summed E-state index contributed by atoms with van der Waals surface area (Å²) in [5.41, 5.74) is 2.25. The number of nitrogens with zero attached hydrogens (tertiary/aromatic N) is 3. The quantitative estimate of drug-likeness (QED) is 0.443. The summed E-state index contributed by atoms with van der Waals surface area (Å²) in [5, 5.41) is 9.73. The number of rotatable bonds is 8. The average molecular weight is 351 g/mol. The lowest BCUT2D eigenvalue weighted by atomic mass is 10.1. The Hall–Kier alpha value is -2.53. The molecule has 3 rings (SSSR count). The van der Waals surface area contributed by atoms with Crippen molar-refractivity contribution < 1.29 is 4.74 Å². The molecule has 25 heavy (non-hydrogen) atoms. The highest BCUT2D eigenvalue weighted by atomic mass is 32.2. The lowest BCUT2D eigenvalue weighted by Gasteiger charge is -2.12. The van der Waals surface area contributed by atoms with Gasteiger partial charge < -0.3 is 9.30 Å². The van der Waals surface area contributed by atoms with E-state index < -0.39 is 0 Å². The molecule has 128 valence electrons. The van der Waals surface area contributed by atoms with Crippen molar-refractivity contribution >= 4 is 11.8 Å². The molecule has 1 heterocycles. The first-order valence-electron chi connectivity index (χ1n) is 8.17. The zero-order valence-electron chi connectivity index (χ0n) is 14.3. The zero-order chi connectivity index (χ0) is 17.5. The Kier molecular flexibility index (Phi) is 5.90. The number of aryl methyl sites for hydroxylation is 1. The summed E-state index contributed by atoms with van der Waals surface area (Å²) in [4.78, 5) is 0. The Morgan fingerprint density at radius 2 is 1.84 bits per heavy atom. The molecule has 1 aromatic heterocycles. The van der Waals surface area contributed by atoms with Crippen molar-refractivity contribution in [1.29, 1.82) is 0 Å². The van der Waals surface area contributed by atoms with E-state index in [4.69, 9.17) is 4.74 Å². The maximum atomic E-state index is 5.50. The van der Waals surface area contributed by atoms with E-state index in [0.29, 0.717) is 0 Å². The van der Waals surface area contributed by atoms with Crippen LogP contribution in [0.1, 0.15) is 5.56 Å². The summed E-state index contributed by atoms with van der Waals surface area (Å²) in [7, 11) is 1.68. The number of ether oxygens (including phenoxy) is 1. The molecule has 0 radical (unpaired) electrons. The summed E-state index contributed by atoms with van der Waals surface area (Å²) >= 11 is 1.64. The number of aromatic nitrogens is 3. The molecule has 0 aliphatic carbocycles. The number of hydrogen-bond acceptors (Lipinski definition) is 4. The normalized spacial score (nSPS) is 10.6. The van der Waals surface area contributed by atoms with E-state index in [1.54, 1.807) is 18.9 Å². The van der Waals surface area contributed by atoms with Gasteiger partial charge in [0.05, 0.1) is 12.7 Å². The second-order valence-corrected chi connectivity index (χ2v) is 6.48. The van der Waals surface area contributed by atoms with Crippen LogP contribution in [-0.4, -0.2) is 27.6 Å². The second-order valence-electron chi connectivity index (χ2n) is 5.49. The molecule has 4 nitrogen and oxygen atoms in total. The molecule has 2 aromatic carbocycles. The van der Waals surface area contributed by atoms with Crippen molar-refractivity contribution in [2.24, 2.45) is 0 Å². The number of methoxy groups -OCH3 is 1. The first-order chi connectivity index (χ1) is 12.3. The molecule has 0 N–H and O–H groups in total. The fraction of sp³-hybridized carbons (Fsp3) is 0.200. The smallest absolute Gasteiger partial charge is 0.191 e. The van der Waals surface area contributed by atoms with Crippen LogP contribution in [0.4, 0.5) is 0 Å². The Morgan fingerprint density at radius 1 is 1.08 bits per heavy atom. The van der Waals surface area contributed by atoms with Crippen LogP contribution in [0.2, 0.25) is 0 Å². The molecule has 0 bridgehead atoms. The number of thioether (sulfide) groups is 1. The number of benzene rings is 2. The van der Waals surface area contributed by atoms with Crippen LogP contribution in [0.25, 0.3) is 11.4 Å². The summed E-state index contributed by atoms with van der Waals surface area (Å²) in [6, 6.07) is 18.4. The fourth-order valence-corrected chi connectivity index (χ4v) is 3.34. The minimum absolute atomic E-state index is 0.801. The van der Waals surface area contributed by atoms with Gasteiger partial charge in [0.15, 0.2) is 11.0 Å². The van der Waals surface area contributed by atoms with Crippen LogP contribution in [0.15, 0.2) is 72.4 Å². The number of hydrogen-bond donors (Lipinski definition) is 0. The Morgan fingerprint density at radius 3 is 2.60 bits per heavy atom. The van der Waals surface area contributed by atoms with E-state index in [1.165, 1.54) is 5.56 Å². The van der Waals surface area contributed by atoms with E-state index in [1.807, 2.05) is 36.4 Å².